The number of hydrogen-bond donors (Lipinski definition) is 4. The smallest absolute Gasteiger partial charge is 0.327 e. The van der Waals surface area contributed by atoms with Crippen LogP contribution >= 0.6 is 0 Å². The van der Waals surface area contributed by atoms with E-state index in [-0.39, 0.29) is 5.96 Å². The van der Waals surface area contributed by atoms with Gasteiger partial charge in [0.2, 0.25) is 0 Å². The Bertz CT molecular complexity index is 117. The second kappa shape index (κ2) is 6.48. The molecule has 0 spiro atoms. The van der Waals surface area contributed by atoms with Crippen LogP contribution in [0.4, 0.5) is 0 Å². The molecule has 0 saturated carbocycles. The summed E-state index contributed by atoms with van der Waals surface area (Å²) >= 11 is 0. The molecule has 0 aliphatic heterocycles. The minimum atomic E-state index is -0.981. The van der Waals surface area contributed by atoms with Crippen LogP contribution in [0.25, 0.3) is 0 Å². The number of carbonyl (C=O) groups is 1. The number of hydrogen-bond acceptors (Lipinski definition) is 2. The van der Waals surface area contributed by atoms with Gasteiger partial charge in [-0.1, -0.05) is 6.58 Å². The fourth-order valence-electron chi connectivity index (χ4n) is 0. The van der Waals surface area contributed by atoms with Crippen molar-refractivity contribution in [3.63, 3.8) is 0 Å². The molecule has 0 aliphatic carbocycles. The highest BCUT2D eigenvalue weighted by Crippen LogP contribution is 1.54. The highest BCUT2D eigenvalue weighted by Gasteiger charge is 1.73. The van der Waals surface area contributed by atoms with Crippen LogP contribution in [-0.4, -0.2) is 17.0 Å². The molecule has 0 fully saturated rings. The summed E-state index contributed by atoms with van der Waals surface area (Å²) in [5.74, 6) is -1.31. The Morgan fingerprint density at radius 3 is 1.78 bits per heavy atom. The summed E-state index contributed by atoms with van der Waals surface area (Å²) in [5.41, 5.74) is 8.94. The molecule has 0 aromatic carbocycles. The van der Waals surface area contributed by atoms with E-state index in [0.29, 0.717) is 0 Å². The van der Waals surface area contributed by atoms with Crippen LogP contribution in [-0.2, 0) is 4.79 Å². The van der Waals surface area contributed by atoms with E-state index in [1.165, 1.54) is 0 Å². The number of nitrogens with one attached hydrogen (secondary N) is 1. The fraction of sp³-hybridized carbons (Fsp3) is 0. The maximum atomic E-state index is 9.25. The zero-order valence-electron chi connectivity index (χ0n) is 4.79. The molecule has 0 unspecified atom stereocenters. The molecule has 0 radical (unpaired) electrons. The maximum Gasteiger partial charge on any atom is 0.327 e. The van der Waals surface area contributed by atoms with Crippen molar-refractivity contribution in [2.24, 2.45) is 11.5 Å². The summed E-state index contributed by atoms with van der Waals surface area (Å²) in [4.78, 5) is 9.25. The largest absolute Gasteiger partial charge is 0.478 e. The zero-order valence-corrected chi connectivity index (χ0v) is 4.79. The van der Waals surface area contributed by atoms with Crippen molar-refractivity contribution in [2.45, 2.75) is 0 Å². The molecule has 52 valence electrons. The molecule has 6 N–H and O–H groups in total. The van der Waals surface area contributed by atoms with Crippen LogP contribution in [0.2, 0.25) is 0 Å². The van der Waals surface area contributed by atoms with Gasteiger partial charge in [-0.05, 0) is 0 Å². The molecule has 9 heavy (non-hydrogen) atoms. The van der Waals surface area contributed by atoms with Crippen molar-refractivity contribution < 1.29 is 9.90 Å². The summed E-state index contributed by atoms with van der Waals surface area (Å²) in [6.07, 6.45) is 0.833. The summed E-state index contributed by atoms with van der Waals surface area (Å²) in [6.45, 7) is 2.96. The van der Waals surface area contributed by atoms with Gasteiger partial charge in [0.1, 0.15) is 0 Å². The molecule has 5 nitrogen and oxygen atoms in total. The molecule has 0 aliphatic rings. The topological polar surface area (TPSA) is 113 Å². The van der Waals surface area contributed by atoms with Gasteiger partial charge < -0.3 is 16.6 Å². The minimum Gasteiger partial charge on any atom is -0.478 e. The first kappa shape index (κ1) is 10.5. The first-order valence-corrected chi connectivity index (χ1v) is 1.95. The Morgan fingerprint density at radius 1 is 1.67 bits per heavy atom. The second-order valence-electron chi connectivity index (χ2n) is 0.998. The van der Waals surface area contributed by atoms with Crippen molar-refractivity contribution in [1.29, 1.82) is 5.41 Å². The van der Waals surface area contributed by atoms with Crippen LogP contribution in [0.3, 0.4) is 0 Å². The monoisotopic (exact) mass is 131 g/mol. The second-order valence-corrected chi connectivity index (χ2v) is 0.998. The summed E-state index contributed by atoms with van der Waals surface area (Å²) in [5, 5.41) is 13.7. The molecular weight excluding hydrogens is 122 g/mol. The van der Waals surface area contributed by atoms with E-state index in [9.17, 15) is 4.79 Å². The Hall–Kier alpha value is -1.52. The van der Waals surface area contributed by atoms with Crippen molar-refractivity contribution in [3.8, 4) is 0 Å². The molecule has 0 saturated heterocycles. The van der Waals surface area contributed by atoms with Crippen LogP contribution in [0.5, 0.6) is 0 Å². The van der Waals surface area contributed by atoms with Crippen LogP contribution in [0.1, 0.15) is 0 Å². The van der Waals surface area contributed by atoms with Crippen molar-refractivity contribution in [2.75, 3.05) is 0 Å². The third-order valence-electron chi connectivity index (χ3n) is 0.175. The number of nitrogens with two attached hydrogens (primary N) is 2. The molecule has 0 amide bonds. The molecule has 0 heterocycles. The summed E-state index contributed by atoms with van der Waals surface area (Å²) < 4.78 is 0. The standard InChI is InChI=1S/C3H4O2.CH5N3/c1-2-3(4)5;2-1(3)4/h2H,1H2,(H,4,5);(H5,2,3,4). The van der Waals surface area contributed by atoms with E-state index in [2.05, 4.69) is 18.0 Å². The Morgan fingerprint density at radius 2 is 1.78 bits per heavy atom. The molecule has 0 bridgehead atoms. The van der Waals surface area contributed by atoms with E-state index in [4.69, 9.17) is 10.5 Å². The lowest BCUT2D eigenvalue weighted by Crippen LogP contribution is -2.20. The van der Waals surface area contributed by atoms with Gasteiger partial charge in [-0.3, -0.25) is 5.41 Å². The first-order chi connectivity index (χ1) is 4.00. The van der Waals surface area contributed by atoms with Gasteiger partial charge in [0, 0.05) is 6.08 Å². The average Bonchev–Trinajstić information content (AvgIpc) is 1.65. The summed E-state index contributed by atoms with van der Waals surface area (Å²) in [7, 11) is 0. The molecule has 0 aromatic heterocycles. The van der Waals surface area contributed by atoms with Crippen molar-refractivity contribution in [3.05, 3.63) is 12.7 Å². The molecular formula is C4H9N3O2. The van der Waals surface area contributed by atoms with Crippen LogP contribution < -0.4 is 11.5 Å². The Balaban J connectivity index is 0. The van der Waals surface area contributed by atoms with Crippen LogP contribution in [0.15, 0.2) is 12.7 Å². The van der Waals surface area contributed by atoms with E-state index in [1.807, 2.05) is 0 Å². The third-order valence-corrected chi connectivity index (χ3v) is 0.175. The van der Waals surface area contributed by atoms with Crippen LogP contribution in [0, 0.1) is 5.41 Å². The fourth-order valence-corrected chi connectivity index (χ4v) is 0. The lowest BCUT2D eigenvalue weighted by molar-refractivity contribution is -0.131. The molecule has 5 heteroatoms. The quantitative estimate of drug-likeness (QED) is 0.209. The van der Waals surface area contributed by atoms with Gasteiger partial charge in [-0.25, -0.2) is 4.79 Å². The van der Waals surface area contributed by atoms with E-state index >= 15 is 0 Å². The number of carboxylic acids is 1. The van der Waals surface area contributed by atoms with E-state index < -0.39 is 5.97 Å². The number of aliphatic carboxylic acids is 1. The SMILES string of the molecule is C=CC(=O)O.N=C(N)N. The molecule has 0 atom stereocenters. The number of guanidine groups is 1. The van der Waals surface area contributed by atoms with Gasteiger partial charge in [0.25, 0.3) is 0 Å². The minimum absolute atomic E-state index is 0.333. The number of rotatable bonds is 1. The van der Waals surface area contributed by atoms with Crippen molar-refractivity contribution in [1.82, 2.24) is 0 Å². The Labute approximate surface area is 52.5 Å². The predicted molar refractivity (Wildman–Crippen MR) is 33.9 cm³/mol. The van der Waals surface area contributed by atoms with Gasteiger partial charge in [-0.15, -0.1) is 0 Å². The number of carboxylic acid groups (broad SMARTS) is 1. The maximum absolute atomic E-state index is 9.25. The third kappa shape index (κ3) is 564. The van der Waals surface area contributed by atoms with Gasteiger partial charge in [-0.2, -0.15) is 0 Å². The Kier molecular flexibility index (Phi) is 7.53. The van der Waals surface area contributed by atoms with Gasteiger partial charge in [0.05, 0.1) is 0 Å². The van der Waals surface area contributed by atoms with E-state index in [0.717, 1.165) is 6.08 Å². The molecule has 0 aromatic rings. The predicted octanol–water partition coefficient (Wildman–Crippen LogP) is -0.904. The first-order valence-electron chi connectivity index (χ1n) is 1.95. The summed E-state index contributed by atoms with van der Waals surface area (Å²) in [6, 6.07) is 0. The normalized spacial score (nSPS) is 6.22. The average molecular weight is 131 g/mol. The highest BCUT2D eigenvalue weighted by molar-refractivity contribution is 5.78. The van der Waals surface area contributed by atoms with Gasteiger partial charge in [0.15, 0.2) is 5.96 Å². The zero-order chi connectivity index (χ0) is 7.86. The van der Waals surface area contributed by atoms with Crippen molar-refractivity contribution >= 4 is 11.9 Å². The lowest BCUT2D eigenvalue weighted by Gasteiger charge is -1.69. The lowest BCUT2D eigenvalue weighted by atomic mass is 10.7. The molecule has 0 rings (SSSR count). The highest BCUT2D eigenvalue weighted by atomic mass is 16.4. The van der Waals surface area contributed by atoms with Gasteiger partial charge >= 0.3 is 5.97 Å². The van der Waals surface area contributed by atoms with E-state index in [1.54, 1.807) is 0 Å².